The number of aromatic nitrogens is 3. The standard InChI is InChI=1S/C12H6N3O.Ir/c1-2-4-11-8(3-1)9-5-16-6-10(9)12-14-13-7-15(11)12;/h1-5,7H;/q-1;. The van der Waals surface area contributed by atoms with Crippen LogP contribution in [0.4, 0.5) is 0 Å². The van der Waals surface area contributed by atoms with Gasteiger partial charge in [-0.1, -0.05) is 29.0 Å². The van der Waals surface area contributed by atoms with Gasteiger partial charge in [0.25, 0.3) is 0 Å². The van der Waals surface area contributed by atoms with Gasteiger partial charge >= 0.3 is 0 Å². The predicted octanol–water partition coefficient (Wildman–Crippen LogP) is 2.43. The SMILES string of the molecule is [Ir].[c-]1occ2c1c1nncn1c1ccccc21. The molecule has 0 fully saturated rings. The van der Waals surface area contributed by atoms with E-state index in [9.17, 15) is 0 Å². The molecule has 0 saturated heterocycles. The van der Waals surface area contributed by atoms with Crippen molar-refractivity contribution in [3.05, 3.63) is 43.1 Å². The zero-order valence-electron chi connectivity index (χ0n) is 8.55. The molecular formula is C12H6IrN3O-. The molecule has 0 unspecified atom stereocenters. The molecule has 5 heteroatoms. The van der Waals surface area contributed by atoms with E-state index in [0.29, 0.717) is 0 Å². The van der Waals surface area contributed by atoms with E-state index >= 15 is 0 Å². The van der Waals surface area contributed by atoms with E-state index in [4.69, 9.17) is 4.42 Å². The van der Waals surface area contributed by atoms with Crippen LogP contribution in [-0.4, -0.2) is 14.6 Å². The van der Waals surface area contributed by atoms with Crippen molar-refractivity contribution in [3.63, 3.8) is 0 Å². The fourth-order valence-electron chi connectivity index (χ4n) is 2.12. The number of para-hydroxylation sites is 1. The number of hydrogen-bond donors (Lipinski definition) is 0. The maximum Gasteiger partial charge on any atom is 0.114 e. The first-order valence-corrected chi connectivity index (χ1v) is 4.94. The third-order valence-corrected chi connectivity index (χ3v) is 2.83. The van der Waals surface area contributed by atoms with Crippen molar-refractivity contribution in [2.75, 3.05) is 0 Å². The van der Waals surface area contributed by atoms with Gasteiger partial charge < -0.3 is 8.82 Å². The van der Waals surface area contributed by atoms with Gasteiger partial charge in [0.15, 0.2) is 0 Å². The van der Waals surface area contributed by atoms with Crippen molar-refractivity contribution in [2.24, 2.45) is 0 Å². The minimum absolute atomic E-state index is 0. The fraction of sp³-hybridized carbons (Fsp3) is 0. The molecule has 0 aliphatic heterocycles. The molecule has 85 valence electrons. The van der Waals surface area contributed by atoms with Crippen LogP contribution in [-0.2, 0) is 20.1 Å². The molecular weight excluding hydrogens is 394 g/mol. The Bertz CT molecular complexity index is 749. The van der Waals surface area contributed by atoms with Crippen LogP contribution in [0.1, 0.15) is 0 Å². The molecule has 0 aliphatic rings. The van der Waals surface area contributed by atoms with Crippen molar-refractivity contribution in [2.45, 2.75) is 0 Å². The van der Waals surface area contributed by atoms with Crippen LogP contribution in [0, 0.1) is 6.26 Å². The fourth-order valence-corrected chi connectivity index (χ4v) is 2.12. The average molecular weight is 400 g/mol. The van der Waals surface area contributed by atoms with E-state index in [0.717, 1.165) is 27.3 Å². The maximum absolute atomic E-state index is 5.14. The Morgan fingerprint density at radius 3 is 3.00 bits per heavy atom. The summed E-state index contributed by atoms with van der Waals surface area (Å²) in [5.41, 5.74) is 1.85. The third kappa shape index (κ3) is 1.27. The first kappa shape index (κ1) is 10.4. The van der Waals surface area contributed by atoms with Gasteiger partial charge in [0.05, 0.1) is 5.65 Å². The first-order chi connectivity index (χ1) is 7.95. The minimum atomic E-state index is 0. The van der Waals surface area contributed by atoms with Gasteiger partial charge in [0.1, 0.15) is 6.33 Å². The second-order valence-electron chi connectivity index (χ2n) is 3.67. The van der Waals surface area contributed by atoms with Gasteiger partial charge in [0, 0.05) is 31.9 Å². The van der Waals surface area contributed by atoms with Crippen molar-refractivity contribution in [1.82, 2.24) is 14.6 Å². The van der Waals surface area contributed by atoms with E-state index in [2.05, 4.69) is 22.5 Å². The largest absolute Gasteiger partial charge is 0.564 e. The molecule has 4 aromatic rings. The quantitative estimate of drug-likeness (QED) is 0.426. The van der Waals surface area contributed by atoms with E-state index in [1.54, 1.807) is 12.6 Å². The first-order valence-electron chi connectivity index (χ1n) is 4.94. The zero-order chi connectivity index (χ0) is 10.5. The predicted molar refractivity (Wildman–Crippen MR) is 59.1 cm³/mol. The van der Waals surface area contributed by atoms with Crippen molar-refractivity contribution in [1.29, 1.82) is 0 Å². The molecule has 1 aromatic carbocycles. The summed E-state index contributed by atoms with van der Waals surface area (Å²) in [5.74, 6) is 0. The number of nitrogens with zero attached hydrogens (tertiary/aromatic N) is 3. The summed E-state index contributed by atoms with van der Waals surface area (Å²) in [6.45, 7) is 0. The van der Waals surface area contributed by atoms with Gasteiger partial charge in [-0.3, -0.25) is 0 Å². The second kappa shape index (κ2) is 3.65. The van der Waals surface area contributed by atoms with E-state index in [1.807, 2.05) is 22.6 Å². The third-order valence-electron chi connectivity index (χ3n) is 2.83. The van der Waals surface area contributed by atoms with Crippen molar-refractivity contribution in [3.8, 4) is 0 Å². The number of fused-ring (bicyclic) bond motifs is 6. The molecule has 0 atom stereocenters. The molecule has 0 bridgehead atoms. The van der Waals surface area contributed by atoms with Crippen LogP contribution in [0.15, 0.2) is 41.3 Å². The van der Waals surface area contributed by atoms with Crippen LogP contribution in [0.2, 0.25) is 0 Å². The molecule has 0 amide bonds. The normalized spacial score (nSPS) is 11.1. The molecule has 1 radical (unpaired) electrons. The molecule has 0 aliphatic carbocycles. The summed E-state index contributed by atoms with van der Waals surface area (Å²) in [5, 5.41) is 11.0. The zero-order valence-corrected chi connectivity index (χ0v) is 10.9. The Balaban J connectivity index is 0.000000902. The maximum atomic E-state index is 5.14. The summed E-state index contributed by atoms with van der Waals surface area (Å²) in [4.78, 5) is 0. The van der Waals surface area contributed by atoms with Crippen LogP contribution >= 0.6 is 0 Å². The van der Waals surface area contributed by atoms with Crippen molar-refractivity contribution < 1.29 is 24.5 Å². The molecule has 3 heterocycles. The van der Waals surface area contributed by atoms with Gasteiger partial charge in [-0.25, -0.2) is 0 Å². The number of furan rings is 1. The second-order valence-corrected chi connectivity index (χ2v) is 3.67. The Morgan fingerprint density at radius 1 is 1.18 bits per heavy atom. The van der Waals surface area contributed by atoms with E-state index in [-0.39, 0.29) is 20.1 Å². The minimum Gasteiger partial charge on any atom is -0.564 e. The Labute approximate surface area is 110 Å². The summed E-state index contributed by atoms with van der Waals surface area (Å²) < 4.78 is 7.09. The summed E-state index contributed by atoms with van der Waals surface area (Å²) >= 11 is 0. The molecule has 17 heavy (non-hydrogen) atoms. The smallest absolute Gasteiger partial charge is 0.114 e. The average Bonchev–Trinajstić information content (AvgIpc) is 2.98. The summed E-state index contributed by atoms with van der Waals surface area (Å²) in [6.07, 6.45) is 6.25. The van der Waals surface area contributed by atoms with Gasteiger partial charge in [-0.05, 0) is 17.7 Å². The van der Waals surface area contributed by atoms with Crippen LogP contribution in [0.3, 0.4) is 0 Å². The molecule has 4 nitrogen and oxygen atoms in total. The number of benzene rings is 1. The van der Waals surface area contributed by atoms with E-state index in [1.165, 1.54) is 0 Å². The molecule has 0 N–H and O–H groups in total. The number of rotatable bonds is 0. The molecule has 3 aromatic heterocycles. The number of pyridine rings is 1. The molecule has 4 rings (SSSR count). The van der Waals surface area contributed by atoms with Crippen LogP contribution < -0.4 is 0 Å². The summed E-state index contributed by atoms with van der Waals surface area (Å²) in [7, 11) is 0. The molecule has 0 saturated carbocycles. The van der Waals surface area contributed by atoms with Gasteiger partial charge in [-0.2, -0.15) is 5.10 Å². The topological polar surface area (TPSA) is 43.3 Å². The van der Waals surface area contributed by atoms with Gasteiger partial charge in [-0.15, -0.1) is 5.10 Å². The monoisotopic (exact) mass is 401 g/mol. The number of hydrogen-bond acceptors (Lipinski definition) is 3. The van der Waals surface area contributed by atoms with Crippen LogP contribution in [0.25, 0.3) is 27.3 Å². The summed E-state index contributed by atoms with van der Waals surface area (Å²) in [6, 6.07) is 8.10. The van der Waals surface area contributed by atoms with Gasteiger partial charge in [0.2, 0.25) is 0 Å². The Kier molecular flexibility index (Phi) is 2.24. The van der Waals surface area contributed by atoms with Crippen LogP contribution in [0.5, 0.6) is 0 Å². The Morgan fingerprint density at radius 2 is 2.06 bits per heavy atom. The van der Waals surface area contributed by atoms with E-state index < -0.39 is 0 Å². The molecule has 0 spiro atoms. The Hall–Kier alpha value is -1.71. The van der Waals surface area contributed by atoms with Crippen molar-refractivity contribution >= 4 is 27.3 Å².